The maximum absolute atomic E-state index is 10.9. The van der Waals surface area contributed by atoms with Crippen LogP contribution in [0.25, 0.3) is 10.6 Å². The monoisotopic (exact) mass is 277 g/mol. The second-order valence-corrected chi connectivity index (χ2v) is 5.03. The standard InChI is InChI=1S/C14H15NO3S/c1-3-12(14(16)17)18-11-6-4-10(5-7-11)13-15-9(2)8-19-13/h4-8,12H,3H2,1-2H3,(H,16,17). The number of carboxylic acid groups (broad SMARTS) is 1. The first-order valence-electron chi connectivity index (χ1n) is 6.02. The molecule has 0 radical (unpaired) electrons. The summed E-state index contributed by atoms with van der Waals surface area (Å²) in [6, 6.07) is 7.33. The van der Waals surface area contributed by atoms with Crippen molar-refractivity contribution in [2.45, 2.75) is 26.4 Å². The number of ether oxygens (including phenoxy) is 1. The van der Waals surface area contributed by atoms with Crippen LogP contribution in [0.3, 0.4) is 0 Å². The summed E-state index contributed by atoms with van der Waals surface area (Å²) in [5, 5.41) is 11.9. The highest BCUT2D eigenvalue weighted by atomic mass is 32.1. The molecule has 1 atom stereocenters. The molecule has 19 heavy (non-hydrogen) atoms. The molecule has 0 aliphatic heterocycles. The van der Waals surface area contributed by atoms with Gasteiger partial charge >= 0.3 is 5.97 Å². The minimum Gasteiger partial charge on any atom is -0.479 e. The Morgan fingerprint density at radius 2 is 2.11 bits per heavy atom. The highest BCUT2D eigenvalue weighted by Gasteiger charge is 2.16. The number of nitrogens with zero attached hydrogens (tertiary/aromatic N) is 1. The first kappa shape index (κ1) is 13.5. The van der Waals surface area contributed by atoms with Gasteiger partial charge in [-0.3, -0.25) is 0 Å². The Kier molecular flexibility index (Phi) is 4.16. The van der Waals surface area contributed by atoms with Crippen molar-refractivity contribution in [3.8, 4) is 16.3 Å². The van der Waals surface area contributed by atoms with Gasteiger partial charge < -0.3 is 9.84 Å². The second-order valence-electron chi connectivity index (χ2n) is 4.17. The van der Waals surface area contributed by atoms with E-state index < -0.39 is 12.1 Å². The Hall–Kier alpha value is -1.88. The summed E-state index contributed by atoms with van der Waals surface area (Å²) in [6.07, 6.45) is -0.365. The van der Waals surface area contributed by atoms with Gasteiger partial charge in [-0.05, 0) is 37.6 Å². The van der Waals surface area contributed by atoms with E-state index in [1.807, 2.05) is 24.4 Å². The molecule has 0 spiro atoms. The largest absolute Gasteiger partial charge is 0.479 e. The van der Waals surface area contributed by atoms with Gasteiger partial charge in [-0.2, -0.15) is 0 Å². The van der Waals surface area contributed by atoms with Gasteiger partial charge in [0, 0.05) is 16.6 Å². The van der Waals surface area contributed by atoms with E-state index in [1.54, 1.807) is 30.4 Å². The van der Waals surface area contributed by atoms with Gasteiger partial charge in [0.2, 0.25) is 0 Å². The molecule has 0 aliphatic carbocycles. The number of aliphatic carboxylic acids is 1. The highest BCUT2D eigenvalue weighted by molar-refractivity contribution is 7.13. The van der Waals surface area contributed by atoms with E-state index in [-0.39, 0.29) is 0 Å². The molecule has 1 aromatic heterocycles. The summed E-state index contributed by atoms with van der Waals surface area (Å²) in [6.45, 7) is 3.74. The maximum Gasteiger partial charge on any atom is 0.344 e. The summed E-state index contributed by atoms with van der Waals surface area (Å²) >= 11 is 1.59. The first-order valence-corrected chi connectivity index (χ1v) is 6.90. The molecular formula is C14H15NO3S. The van der Waals surface area contributed by atoms with E-state index in [9.17, 15) is 4.79 Å². The zero-order valence-corrected chi connectivity index (χ0v) is 11.6. The number of aromatic nitrogens is 1. The van der Waals surface area contributed by atoms with Crippen molar-refractivity contribution in [3.63, 3.8) is 0 Å². The lowest BCUT2D eigenvalue weighted by Crippen LogP contribution is -2.25. The maximum atomic E-state index is 10.9. The average Bonchev–Trinajstić information content (AvgIpc) is 2.83. The van der Waals surface area contributed by atoms with Gasteiger partial charge in [0.1, 0.15) is 10.8 Å². The molecule has 0 aliphatic rings. The van der Waals surface area contributed by atoms with Gasteiger partial charge in [0.05, 0.1) is 0 Å². The minimum atomic E-state index is -0.942. The summed E-state index contributed by atoms with van der Waals surface area (Å²) in [7, 11) is 0. The molecule has 0 fully saturated rings. The Bertz CT molecular complexity index is 562. The molecule has 2 aromatic rings. The zero-order valence-electron chi connectivity index (χ0n) is 10.8. The molecule has 4 nitrogen and oxygen atoms in total. The third-order valence-corrected chi connectivity index (χ3v) is 3.65. The number of carbonyl (C=O) groups is 1. The van der Waals surface area contributed by atoms with Crippen molar-refractivity contribution in [1.29, 1.82) is 0 Å². The first-order chi connectivity index (χ1) is 9.10. The normalized spacial score (nSPS) is 12.1. The van der Waals surface area contributed by atoms with Crippen molar-refractivity contribution in [2.24, 2.45) is 0 Å². The SMILES string of the molecule is CCC(Oc1ccc(-c2nc(C)cs2)cc1)C(=O)O. The zero-order chi connectivity index (χ0) is 13.8. The number of hydrogen-bond donors (Lipinski definition) is 1. The van der Waals surface area contributed by atoms with E-state index in [0.29, 0.717) is 12.2 Å². The third-order valence-electron chi connectivity index (χ3n) is 2.64. The van der Waals surface area contributed by atoms with Crippen LogP contribution in [0, 0.1) is 6.92 Å². The molecule has 0 saturated carbocycles. The molecule has 1 N–H and O–H groups in total. The number of hydrogen-bond acceptors (Lipinski definition) is 4. The lowest BCUT2D eigenvalue weighted by molar-refractivity contribution is -0.145. The predicted octanol–water partition coefficient (Wildman–Crippen LogP) is 3.36. The number of rotatable bonds is 5. The Morgan fingerprint density at radius 1 is 1.42 bits per heavy atom. The fraction of sp³-hybridized carbons (Fsp3) is 0.286. The highest BCUT2D eigenvalue weighted by Crippen LogP contribution is 2.26. The molecule has 1 heterocycles. The number of thiazole rings is 1. The van der Waals surface area contributed by atoms with Gasteiger partial charge in [-0.25, -0.2) is 9.78 Å². The third kappa shape index (κ3) is 3.32. The summed E-state index contributed by atoms with van der Waals surface area (Å²) in [4.78, 5) is 15.3. The van der Waals surface area contributed by atoms with E-state index >= 15 is 0 Å². The Balaban J connectivity index is 2.12. The van der Waals surface area contributed by atoms with Gasteiger partial charge in [-0.15, -0.1) is 11.3 Å². The molecule has 0 amide bonds. The van der Waals surface area contributed by atoms with Crippen LogP contribution >= 0.6 is 11.3 Å². The van der Waals surface area contributed by atoms with Crippen molar-refractivity contribution in [3.05, 3.63) is 35.3 Å². The van der Waals surface area contributed by atoms with Crippen LogP contribution in [-0.4, -0.2) is 22.2 Å². The summed E-state index contributed by atoms with van der Waals surface area (Å²) in [5.41, 5.74) is 2.01. The fourth-order valence-corrected chi connectivity index (χ4v) is 2.44. The van der Waals surface area contributed by atoms with Crippen molar-refractivity contribution < 1.29 is 14.6 Å². The van der Waals surface area contributed by atoms with Crippen LogP contribution in [0.2, 0.25) is 0 Å². The smallest absolute Gasteiger partial charge is 0.344 e. The Morgan fingerprint density at radius 3 is 2.58 bits per heavy atom. The lowest BCUT2D eigenvalue weighted by atomic mass is 10.2. The van der Waals surface area contributed by atoms with Crippen LogP contribution in [0.15, 0.2) is 29.6 Å². The van der Waals surface area contributed by atoms with Crippen molar-refractivity contribution >= 4 is 17.3 Å². The average molecular weight is 277 g/mol. The quantitative estimate of drug-likeness (QED) is 0.910. The van der Waals surface area contributed by atoms with Gasteiger partial charge in [0.15, 0.2) is 6.10 Å². The van der Waals surface area contributed by atoms with Crippen LogP contribution in [-0.2, 0) is 4.79 Å². The summed E-state index contributed by atoms with van der Waals surface area (Å²) in [5.74, 6) is -0.381. The van der Waals surface area contributed by atoms with Crippen LogP contribution in [0.1, 0.15) is 19.0 Å². The molecule has 1 unspecified atom stereocenters. The number of aryl methyl sites for hydroxylation is 1. The molecule has 5 heteroatoms. The number of benzene rings is 1. The van der Waals surface area contributed by atoms with Gasteiger partial charge in [-0.1, -0.05) is 6.92 Å². The fourth-order valence-electron chi connectivity index (χ4n) is 1.64. The Labute approximate surface area is 115 Å². The molecule has 0 saturated heterocycles. The van der Waals surface area contributed by atoms with E-state index in [1.165, 1.54) is 0 Å². The van der Waals surface area contributed by atoms with Crippen LogP contribution in [0.4, 0.5) is 0 Å². The molecular weight excluding hydrogens is 262 g/mol. The van der Waals surface area contributed by atoms with Crippen molar-refractivity contribution in [2.75, 3.05) is 0 Å². The van der Waals surface area contributed by atoms with Crippen molar-refractivity contribution in [1.82, 2.24) is 4.98 Å². The second kappa shape index (κ2) is 5.84. The summed E-state index contributed by atoms with van der Waals surface area (Å²) < 4.78 is 5.40. The lowest BCUT2D eigenvalue weighted by Gasteiger charge is -2.13. The van der Waals surface area contributed by atoms with Gasteiger partial charge in [0.25, 0.3) is 0 Å². The van der Waals surface area contributed by atoms with Crippen LogP contribution in [0.5, 0.6) is 5.75 Å². The molecule has 100 valence electrons. The molecule has 2 rings (SSSR count). The van der Waals surface area contributed by atoms with E-state index in [0.717, 1.165) is 16.3 Å². The van der Waals surface area contributed by atoms with Crippen LogP contribution < -0.4 is 4.74 Å². The predicted molar refractivity (Wildman–Crippen MR) is 74.6 cm³/mol. The number of carboxylic acids is 1. The molecule has 0 bridgehead atoms. The van der Waals surface area contributed by atoms with E-state index in [2.05, 4.69) is 4.98 Å². The molecule has 1 aromatic carbocycles. The van der Waals surface area contributed by atoms with E-state index in [4.69, 9.17) is 9.84 Å². The topological polar surface area (TPSA) is 59.4 Å². The minimum absolute atomic E-state index is 0.433.